The minimum Gasteiger partial charge on any atom is -0.445 e. The molecule has 1 unspecified atom stereocenters. The fraction of sp³-hybridized carbons (Fsp3) is 0.556. The molecule has 1 aliphatic heterocycles. The molecule has 1 aromatic rings. The molecule has 0 saturated carbocycles. The van der Waals surface area contributed by atoms with E-state index >= 15 is 0 Å². The number of likely N-dealkylation sites (tertiary alicyclic amines) is 1. The van der Waals surface area contributed by atoms with Crippen molar-refractivity contribution in [3.8, 4) is 0 Å². The van der Waals surface area contributed by atoms with Crippen LogP contribution in [0.5, 0.6) is 0 Å². The van der Waals surface area contributed by atoms with Gasteiger partial charge in [-0.05, 0) is 26.3 Å². The van der Waals surface area contributed by atoms with E-state index in [0.29, 0.717) is 6.54 Å². The maximum Gasteiger partial charge on any atom is 0.410 e. The van der Waals surface area contributed by atoms with Crippen LogP contribution in [0.3, 0.4) is 0 Å². The standard InChI is InChI=1S/C18H26N2O5/c1-18(2,3)25-16(22)19-15-10-20(9-14(15)11-21)17(23)24-12-13-7-5-4-6-8-13/h4-8,14-15,21H,9-12H2,1-3H3,(H,19,22)/t14-,15?/m0/s1. The molecular formula is C18H26N2O5. The van der Waals surface area contributed by atoms with Crippen LogP contribution in [0.2, 0.25) is 0 Å². The summed E-state index contributed by atoms with van der Waals surface area (Å²) in [6.07, 6.45) is -1.02. The summed E-state index contributed by atoms with van der Waals surface area (Å²) in [5, 5.41) is 12.2. The number of aliphatic hydroxyl groups excluding tert-OH is 1. The quantitative estimate of drug-likeness (QED) is 0.869. The van der Waals surface area contributed by atoms with Crippen molar-refractivity contribution in [3.05, 3.63) is 35.9 Å². The van der Waals surface area contributed by atoms with Crippen molar-refractivity contribution in [2.75, 3.05) is 19.7 Å². The van der Waals surface area contributed by atoms with Crippen molar-refractivity contribution in [1.29, 1.82) is 0 Å². The van der Waals surface area contributed by atoms with Crippen LogP contribution in [0, 0.1) is 5.92 Å². The summed E-state index contributed by atoms with van der Waals surface area (Å²) in [6.45, 7) is 5.98. The van der Waals surface area contributed by atoms with E-state index < -0.39 is 17.8 Å². The van der Waals surface area contributed by atoms with Crippen LogP contribution in [0.15, 0.2) is 30.3 Å². The Morgan fingerprint density at radius 2 is 1.92 bits per heavy atom. The Bertz CT molecular complexity index is 585. The smallest absolute Gasteiger partial charge is 0.410 e. The maximum absolute atomic E-state index is 12.2. The lowest BCUT2D eigenvalue weighted by Gasteiger charge is -2.23. The van der Waals surface area contributed by atoms with Gasteiger partial charge in [-0.15, -0.1) is 0 Å². The van der Waals surface area contributed by atoms with Crippen LogP contribution in [0.25, 0.3) is 0 Å². The third-order valence-corrected chi connectivity index (χ3v) is 3.84. The molecule has 0 aliphatic carbocycles. The molecule has 0 spiro atoms. The molecular weight excluding hydrogens is 324 g/mol. The molecule has 2 amide bonds. The Kier molecular flexibility index (Phi) is 6.25. The number of carbonyl (C=O) groups is 2. The van der Waals surface area contributed by atoms with E-state index in [1.807, 2.05) is 30.3 Å². The van der Waals surface area contributed by atoms with Crippen molar-refractivity contribution in [2.24, 2.45) is 5.92 Å². The number of rotatable bonds is 4. The van der Waals surface area contributed by atoms with Gasteiger partial charge in [-0.1, -0.05) is 30.3 Å². The summed E-state index contributed by atoms with van der Waals surface area (Å²) >= 11 is 0. The second-order valence-electron chi connectivity index (χ2n) is 7.14. The first-order valence-corrected chi connectivity index (χ1v) is 8.34. The molecule has 7 nitrogen and oxygen atoms in total. The lowest BCUT2D eigenvalue weighted by Crippen LogP contribution is -2.44. The average Bonchev–Trinajstić information content (AvgIpc) is 2.94. The Hall–Kier alpha value is -2.28. The first-order valence-electron chi connectivity index (χ1n) is 8.34. The molecule has 0 aromatic heterocycles. The Morgan fingerprint density at radius 3 is 2.52 bits per heavy atom. The number of benzene rings is 1. The van der Waals surface area contributed by atoms with Gasteiger partial charge in [0.25, 0.3) is 0 Å². The molecule has 2 N–H and O–H groups in total. The summed E-state index contributed by atoms with van der Waals surface area (Å²) in [5.74, 6) is -0.253. The molecule has 0 radical (unpaired) electrons. The first kappa shape index (κ1) is 19.1. The van der Waals surface area contributed by atoms with Gasteiger partial charge in [0.1, 0.15) is 12.2 Å². The third-order valence-electron chi connectivity index (χ3n) is 3.84. The van der Waals surface area contributed by atoms with Crippen molar-refractivity contribution >= 4 is 12.2 Å². The summed E-state index contributed by atoms with van der Waals surface area (Å²) in [4.78, 5) is 25.6. The third kappa shape index (κ3) is 5.94. The first-order chi connectivity index (χ1) is 11.8. The van der Waals surface area contributed by atoms with Gasteiger partial charge in [-0.25, -0.2) is 9.59 Å². The number of hydrogen-bond acceptors (Lipinski definition) is 5. The normalized spacial score (nSPS) is 20.2. The zero-order chi connectivity index (χ0) is 18.4. The minimum atomic E-state index is -0.605. The molecule has 1 fully saturated rings. The fourth-order valence-electron chi connectivity index (χ4n) is 2.64. The van der Waals surface area contributed by atoms with Crippen molar-refractivity contribution in [2.45, 2.75) is 39.0 Å². The molecule has 1 aromatic carbocycles. The van der Waals surface area contributed by atoms with Crippen molar-refractivity contribution in [3.63, 3.8) is 0 Å². The SMILES string of the molecule is CC(C)(C)OC(=O)NC1CN(C(=O)OCc2ccccc2)C[C@H]1CO. The van der Waals surface area contributed by atoms with E-state index in [-0.39, 0.29) is 31.7 Å². The van der Waals surface area contributed by atoms with E-state index in [4.69, 9.17) is 9.47 Å². The predicted molar refractivity (Wildman–Crippen MR) is 91.9 cm³/mol. The van der Waals surface area contributed by atoms with Crippen molar-refractivity contribution < 1.29 is 24.2 Å². The Labute approximate surface area is 147 Å². The molecule has 1 saturated heterocycles. The van der Waals surface area contributed by atoms with E-state index in [1.165, 1.54) is 4.90 Å². The molecule has 1 heterocycles. The van der Waals surface area contributed by atoms with Crippen LogP contribution in [0.4, 0.5) is 9.59 Å². The van der Waals surface area contributed by atoms with E-state index in [2.05, 4.69) is 5.32 Å². The summed E-state index contributed by atoms with van der Waals surface area (Å²) in [5.41, 5.74) is 0.295. The second-order valence-corrected chi connectivity index (χ2v) is 7.14. The number of aliphatic hydroxyl groups is 1. The average molecular weight is 350 g/mol. The zero-order valence-corrected chi connectivity index (χ0v) is 14.9. The van der Waals surface area contributed by atoms with E-state index in [0.717, 1.165) is 5.56 Å². The summed E-state index contributed by atoms with van der Waals surface area (Å²) < 4.78 is 10.5. The largest absolute Gasteiger partial charge is 0.445 e. The molecule has 2 rings (SSSR count). The Balaban J connectivity index is 1.87. The monoisotopic (exact) mass is 350 g/mol. The van der Waals surface area contributed by atoms with Gasteiger partial charge in [0.15, 0.2) is 0 Å². The highest BCUT2D eigenvalue weighted by Crippen LogP contribution is 2.19. The highest BCUT2D eigenvalue weighted by molar-refractivity contribution is 5.70. The molecule has 2 atom stereocenters. The van der Waals surface area contributed by atoms with E-state index in [9.17, 15) is 14.7 Å². The van der Waals surface area contributed by atoms with Gasteiger partial charge in [0.2, 0.25) is 0 Å². The van der Waals surface area contributed by atoms with Gasteiger partial charge in [0, 0.05) is 25.6 Å². The van der Waals surface area contributed by atoms with Gasteiger partial charge in [0.05, 0.1) is 6.04 Å². The number of nitrogens with zero attached hydrogens (tertiary/aromatic N) is 1. The predicted octanol–water partition coefficient (Wildman–Crippen LogP) is 2.14. The molecule has 138 valence electrons. The highest BCUT2D eigenvalue weighted by Gasteiger charge is 2.37. The van der Waals surface area contributed by atoms with E-state index in [1.54, 1.807) is 20.8 Å². The summed E-state index contributed by atoms with van der Waals surface area (Å²) in [7, 11) is 0. The van der Waals surface area contributed by atoms with Crippen LogP contribution in [-0.4, -0.2) is 53.5 Å². The number of amides is 2. The molecule has 1 aliphatic rings. The van der Waals surface area contributed by atoms with Crippen LogP contribution in [-0.2, 0) is 16.1 Å². The van der Waals surface area contributed by atoms with Crippen LogP contribution in [0.1, 0.15) is 26.3 Å². The Morgan fingerprint density at radius 1 is 1.24 bits per heavy atom. The van der Waals surface area contributed by atoms with Crippen LogP contribution >= 0.6 is 0 Å². The number of nitrogens with one attached hydrogen (secondary N) is 1. The zero-order valence-electron chi connectivity index (χ0n) is 14.9. The van der Waals surface area contributed by atoms with Crippen LogP contribution < -0.4 is 5.32 Å². The van der Waals surface area contributed by atoms with Gasteiger partial charge < -0.3 is 24.8 Å². The maximum atomic E-state index is 12.2. The number of carbonyl (C=O) groups excluding carboxylic acids is 2. The van der Waals surface area contributed by atoms with Crippen molar-refractivity contribution in [1.82, 2.24) is 10.2 Å². The molecule has 0 bridgehead atoms. The number of alkyl carbamates (subject to hydrolysis) is 1. The number of ether oxygens (including phenoxy) is 2. The topological polar surface area (TPSA) is 88.1 Å². The second kappa shape index (κ2) is 8.20. The lowest BCUT2D eigenvalue weighted by molar-refractivity contribution is 0.0486. The number of hydrogen-bond donors (Lipinski definition) is 2. The van der Waals surface area contributed by atoms with Gasteiger partial charge in [-0.3, -0.25) is 0 Å². The van der Waals surface area contributed by atoms with Gasteiger partial charge >= 0.3 is 12.2 Å². The summed E-state index contributed by atoms with van der Waals surface area (Å²) in [6, 6.07) is 9.03. The van der Waals surface area contributed by atoms with Gasteiger partial charge in [-0.2, -0.15) is 0 Å². The minimum absolute atomic E-state index is 0.136. The highest BCUT2D eigenvalue weighted by atomic mass is 16.6. The molecule has 25 heavy (non-hydrogen) atoms. The fourth-order valence-corrected chi connectivity index (χ4v) is 2.64. The lowest BCUT2D eigenvalue weighted by atomic mass is 10.1. The molecule has 7 heteroatoms.